The van der Waals surface area contributed by atoms with Crippen molar-refractivity contribution in [2.45, 2.75) is 0 Å². The molecule has 0 aliphatic rings. The van der Waals surface area contributed by atoms with Gasteiger partial charge < -0.3 is 18.1 Å². The molecule has 0 fully saturated rings. The summed E-state index contributed by atoms with van der Waals surface area (Å²) in [5, 5.41) is 9.04. The zero-order valence-corrected chi connectivity index (χ0v) is 11.0. The summed E-state index contributed by atoms with van der Waals surface area (Å²) in [6.45, 7) is -5.04. The molecule has 0 spiro atoms. The number of phenols is 1. The van der Waals surface area contributed by atoms with Gasteiger partial charge in [-0.1, -0.05) is 6.08 Å². The molecule has 0 saturated carbocycles. The van der Waals surface area contributed by atoms with Gasteiger partial charge in [0.2, 0.25) is 0 Å². The van der Waals surface area contributed by atoms with Crippen LogP contribution in [0, 0.1) is 5.82 Å². The van der Waals surface area contributed by atoms with Gasteiger partial charge in [-0.3, -0.25) is 0 Å². The van der Waals surface area contributed by atoms with E-state index < -0.39 is 18.5 Å². The van der Waals surface area contributed by atoms with Crippen molar-refractivity contribution in [1.29, 1.82) is 0 Å². The molecule has 7 heteroatoms. The molecule has 1 nitrogen and oxygen atoms in total. The van der Waals surface area contributed by atoms with Crippen LogP contribution in [0.4, 0.5) is 17.3 Å². The van der Waals surface area contributed by atoms with Crippen molar-refractivity contribution in [3.63, 3.8) is 0 Å². The van der Waals surface area contributed by atoms with Crippen LogP contribution in [0.25, 0.3) is 6.08 Å². The van der Waals surface area contributed by atoms with Crippen LogP contribution in [0.3, 0.4) is 0 Å². The zero-order valence-electron chi connectivity index (χ0n) is 7.92. The number of halogens is 4. The Kier molecular flexibility index (Phi) is 6.12. The average molecular weight is 244 g/mol. The summed E-state index contributed by atoms with van der Waals surface area (Å²) >= 11 is 0. The molecule has 1 aromatic rings. The van der Waals surface area contributed by atoms with Crippen molar-refractivity contribution in [2.24, 2.45) is 0 Å². The summed E-state index contributed by atoms with van der Waals surface area (Å²) in [5.41, 5.74) is -0.0643. The molecule has 0 heterocycles. The van der Waals surface area contributed by atoms with Gasteiger partial charge in [-0.25, -0.2) is 4.39 Å². The van der Waals surface area contributed by atoms with Crippen molar-refractivity contribution in [1.82, 2.24) is 0 Å². The van der Waals surface area contributed by atoms with E-state index in [2.05, 4.69) is 0 Å². The Morgan fingerprint density at radius 3 is 2.27 bits per heavy atom. The predicted octanol–water partition coefficient (Wildman–Crippen LogP) is -0.0649. The first-order valence-electron chi connectivity index (χ1n) is 3.76. The van der Waals surface area contributed by atoms with Crippen LogP contribution < -0.4 is 51.4 Å². The quantitative estimate of drug-likeness (QED) is 0.570. The molecule has 0 bridgehead atoms. The molecule has 0 unspecified atom stereocenters. The number of phenolic OH excluding ortho intramolecular Hbond substituents is 1. The van der Waals surface area contributed by atoms with Crippen LogP contribution in [0.1, 0.15) is 5.56 Å². The van der Waals surface area contributed by atoms with Crippen molar-refractivity contribution in [3.8, 4) is 5.75 Å². The second-order valence-corrected chi connectivity index (χ2v) is 2.69. The number of hydrogen-bond donors (Lipinski definition) is 1. The minimum absolute atomic E-state index is 0. The van der Waals surface area contributed by atoms with Crippen molar-refractivity contribution in [2.75, 3.05) is 0 Å². The summed E-state index contributed by atoms with van der Waals surface area (Å²) in [5.74, 6) is -1.18. The molecular weight excluding hydrogens is 238 g/mol. The Morgan fingerprint density at radius 1 is 1.20 bits per heavy atom. The summed E-state index contributed by atoms with van der Waals surface area (Å²) in [6, 6.07) is 2.80. The molecule has 15 heavy (non-hydrogen) atoms. The topological polar surface area (TPSA) is 20.2 Å². The van der Waals surface area contributed by atoms with Gasteiger partial charge in [-0.05, 0) is 12.1 Å². The van der Waals surface area contributed by atoms with Gasteiger partial charge in [0.15, 0.2) is 0 Å². The summed E-state index contributed by atoms with van der Waals surface area (Å²) in [7, 11) is 0. The minimum Gasteiger partial charge on any atom is -0.507 e. The fourth-order valence-electron chi connectivity index (χ4n) is 0.871. The Balaban J connectivity index is 0.00000196. The summed E-state index contributed by atoms with van der Waals surface area (Å²) in [4.78, 5) is 0. The van der Waals surface area contributed by atoms with E-state index >= 15 is 0 Å². The van der Waals surface area contributed by atoms with Crippen molar-refractivity contribution < 1.29 is 73.8 Å². The second kappa shape index (κ2) is 6.05. The summed E-state index contributed by atoms with van der Waals surface area (Å²) < 4.78 is 47.7. The molecule has 0 atom stereocenters. The van der Waals surface area contributed by atoms with Crippen molar-refractivity contribution in [3.05, 3.63) is 35.6 Å². The third kappa shape index (κ3) is 5.72. The van der Waals surface area contributed by atoms with Gasteiger partial charge >= 0.3 is 58.4 Å². The monoisotopic (exact) mass is 244 g/mol. The first-order valence-corrected chi connectivity index (χ1v) is 3.76. The Morgan fingerprint density at radius 2 is 1.80 bits per heavy atom. The number of hydrogen-bond acceptors (Lipinski definition) is 1. The average Bonchev–Trinajstić information content (AvgIpc) is 2.00. The molecular formula is C8H6BF4KO. The number of aromatic hydroxyl groups is 1. The van der Waals surface area contributed by atoms with Crippen LogP contribution in [-0.4, -0.2) is 12.1 Å². The van der Waals surface area contributed by atoms with E-state index in [4.69, 9.17) is 5.11 Å². The van der Waals surface area contributed by atoms with Crippen LogP contribution >= 0.6 is 0 Å². The van der Waals surface area contributed by atoms with E-state index in [1.807, 2.05) is 0 Å². The predicted molar refractivity (Wildman–Crippen MR) is 46.2 cm³/mol. The zero-order chi connectivity index (χ0) is 10.8. The van der Waals surface area contributed by atoms with Gasteiger partial charge in [0.05, 0.1) is 0 Å². The Bertz CT molecular complexity index is 364. The number of benzene rings is 1. The molecule has 0 aliphatic carbocycles. The second-order valence-electron chi connectivity index (χ2n) is 2.69. The van der Waals surface area contributed by atoms with Crippen LogP contribution in [0.15, 0.2) is 24.2 Å². The largest absolute Gasteiger partial charge is 1.00 e. The molecule has 0 saturated heterocycles. The van der Waals surface area contributed by atoms with E-state index in [0.29, 0.717) is 6.08 Å². The smallest absolute Gasteiger partial charge is 0.507 e. The standard InChI is InChI=1S/C8H6BF4O.K/c10-7-2-1-6(8(14)5-7)3-4-9(11,12)13;/h1-5,14H;/q-1;+1/b4-3+;. The molecule has 0 radical (unpaired) electrons. The maximum Gasteiger partial charge on any atom is 1.00 e. The fraction of sp³-hybridized carbons (Fsp3) is 0. The van der Waals surface area contributed by atoms with Crippen LogP contribution in [-0.2, 0) is 0 Å². The van der Waals surface area contributed by atoms with E-state index in [1.165, 1.54) is 0 Å². The van der Waals surface area contributed by atoms with E-state index in [-0.39, 0.29) is 62.9 Å². The van der Waals surface area contributed by atoms with Gasteiger partial charge in [0.1, 0.15) is 11.6 Å². The fourth-order valence-corrected chi connectivity index (χ4v) is 0.871. The van der Waals surface area contributed by atoms with Crippen molar-refractivity contribution >= 4 is 13.1 Å². The molecule has 1 rings (SSSR count). The molecule has 1 N–H and O–H groups in total. The molecule has 0 aliphatic heterocycles. The van der Waals surface area contributed by atoms with E-state index in [9.17, 15) is 17.3 Å². The van der Waals surface area contributed by atoms with E-state index in [1.54, 1.807) is 0 Å². The Hall–Kier alpha value is 0.181. The normalized spacial score (nSPS) is 11.5. The van der Waals surface area contributed by atoms with Gasteiger partial charge in [0.25, 0.3) is 0 Å². The third-order valence-electron chi connectivity index (χ3n) is 1.49. The molecule has 76 valence electrons. The summed E-state index contributed by atoms with van der Waals surface area (Å²) in [6.07, 6.45) is 0.703. The van der Waals surface area contributed by atoms with Gasteiger partial charge in [-0.15, -0.1) is 5.98 Å². The maximum absolute atomic E-state index is 12.4. The molecule has 0 amide bonds. The SMILES string of the molecule is Oc1cc(F)ccc1/C=C/[B-](F)(F)F.[K+]. The first kappa shape index (κ1) is 15.2. The minimum atomic E-state index is -5.04. The molecule has 1 aromatic carbocycles. The van der Waals surface area contributed by atoms with E-state index in [0.717, 1.165) is 18.2 Å². The van der Waals surface area contributed by atoms with Crippen LogP contribution in [0.5, 0.6) is 5.75 Å². The third-order valence-corrected chi connectivity index (χ3v) is 1.49. The molecule has 0 aromatic heterocycles. The maximum atomic E-state index is 12.4. The van der Waals surface area contributed by atoms with Gasteiger partial charge in [-0.2, -0.15) is 0 Å². The van der Waals surface area contributed by atoms with Crippen LogP contribution in [0.2, 0.25) is 0 Å². The first-order chi connectivity index (χ1) is 6.38. The van der Waals surface area contributed by atoms with Gasteiger partial charge in [0, 0.05) is 11.6 Å². The Labute approximate surface area is 127 Å². The number of rotatable bonds is 2.